The summed E-state index contributed by atoms with van der Waals surface area (Å²) in [5.74, 6) is 0.178. The van der Waals surface area contributed by atoms with Crippen LogP contribution in [0.15, 0.2) is 29.2 Å². The quantitative estimate of drug-likeness (QED) is 0.749. The number of carbonyl (C=O) groups is 1. The third-order valence-electron chi connectivity index (χ3n) is 2.96. The third-order valence-corrected chi connectivity index (χ3v) is 4.78. The molecule has 0 aromatic heterocycles. The maximum atomic E-state index is 12.4. The van der Waals surface area contributed by atoms with Crippen molar-refractivity contribution < 1.29 is 22.7 Å². The second kappa shape index (κ2) is 8.11. The van der Waals surface area contributed by atoms with Crippen LogP contribution in [0.1, 0.15) is 6.92 Å². The Bertz CT molecular complexity index is 586. The zero-order chi connectivity index (χ0) is 16.8. The first-order chi connectivity index (χ1) is 10.3. The summed E-state index contributed by atoms with van der Waals surface area (Å²) in [5.41, 5.74) is 0. The number of nitrogens with one attached hydrogen (secondary N) is 1. The zero-order valence-corrected chi connectivity index (χ0v) is 14.0. The fraction of sp³-hybridized carbons (Fsp3) is 0.500. The van der Waals surface area contributed by atoms with Crippen molar-refractivity contribution in [2.75, 3.05) is 34.4 Å². The molecule has 1 aromatic rings. The normalized spacial score (nSPS) is 13.0. The summed E-state index contributed by atoms with van der Waals surface area (Å²) in [6, 6.07) is 5.81. The second-order valence-corrected chi connectivity index (χ2v) is 6.91. The Hall–Kier alpha value is -1.64. The highest BCUT2D eigenvalue weighted by molar-refractivity contribution is 7.89. The van der Waals surface area contributed by atoms with E-state index < -0.39 is 10.0 Å². The maximum absolute atomic E-state index is 12.4. The number of hydrogen-bond donors (Lipinski definition) is 1. The molecular weight excluding hydrogens is 308 g/mol. The summed E-state index contributed by atoms with van der Waals surface area (Å²) in [5, 5.41) is 2.66. The summed E-state index contributed by atoms with van der Waals surface area (Å²) < 4.78 is 35.6. The molecule has 0 unspecified atom stereocenters. The number of methoxy groups -OCH3 is 2. The van der Waals surface area contributed by atoms with Gasteiger partial charge in [0.2, 0.25) is 15.9 Å². The molecule has 1 N–H and O–H groups in total. The molecule has 1 atom stereocenters. The SMILES string of the molecule is COC[C@H](C)NC(=O)CN(C)S(=O)(=O)c1ccc(OC)cc1. The van der Waals surface area contributed by atoms with Crippen LogP contribution in [-0.2, 0) is 19.6 Å². The van der Waals surface area contributed by atoms with Crippen LogP contribution in [-0.4, -0.2) is 59.1 Å². The van der Waals surface area contributed by atoms with Gasteiger partial charge in [0.1, 0.15) is 5.75 Å². The van der Waals surface area contributed by atoms with Crippen molar-refractivity contribution in [3.8, 4) is 5.75 Å². The highest BCUT2D eigenvalue weighted by Gasteiger charge is 2.23. The molecule has 124 valence electrons. The number of amides is 1. The lowest BCUT2D eigenvalue weighted by Gasteiger charge is -2.19. The zero-order valence-electron chi connectivity index (χ0n) is 13.2. The lowest BCUT2D eigenvalue weighted by Crippen LogP contribution is -2.43. The Morgan fingerprint density at radius 2 is 1.86 bits per heavy atom. The molecule has 0 bridgehead atoms. The number of hydrogen-bond acceptors (Lipinski definition) is 5. The minimum Gasteiger partial charge on any atom is -0.497 e. The van der Waals surface area contributed by atoms with E-state index in [4.69, 9.17) is 9.47 Å². The molecule has 0 spiro atoms. The summed E-state index contributed by atoms with van der Waals surface area (Å²) >= 11 is 0. The van der Waals surface area contributed by atoms with E-state index in [0.717, 1.165) is 4.31 Å². The van der Waals surface area contributed by atoms with Crippen LogP contribution in [0.2, 0.25) is 0 Å². The van der Waals surface area contributed by atoms with E-state index in [0.29, 0.717) is 12.4 Å². The third kappa shape index (κ3) is 4.97. The summed E-state index contributed by atoms with van der Waals surface area (Å²) in [4.78, 5) is 11.9. The van der Waals surface area contributed by atoms with Crippen molar-refractivity contribution >= 4 is 15.9 Å². The largest absolute Gasteiger partial charge is 0.497 e. The van der Waals surface area contributed by atoms with E-state index in [2.05, 4.69) is 5.32 Å². The average Bonchev–Trinajstić information content (AvgIpc) is 2.47. The minimum atomic E-state index is -3.72. The topological polar surface area (TPSA) is 84.9 Å². The Kier molecular flexibility index (Phi) is 6.79. The number of benzene rings is 1. The van der Waals surface area contributed by atoms with Crippen LogP contribution >= 0.6 is 0 Å². The Labute approximate surface area is 131 Å². The van der Waals surface area contributed by atoms with Crippen LogP contribution in [0.25, 0.3) is 0 Å². The van der Waals surface area contributed by atoms with Gasteiger partial charge in [-0.15, -0.1) is 0 Å². The fourth-order valence-corrected chi connectivity index (χ4v) is 2.95. The van der Waals surface area contributed by atoms with Crippen molar-refractivity contribution in [1.29, 1.82) is 0 Å². The first-order valence-corrected chi connectivity index (χ1v) is 8.14. The van der Waals surface area contributed by atoms with Gasteiger partial charge in [0.25, 0.3) is 0 Å². The Balaban J connectivity index is 2.73. The van der Waals surface area contributed by atoms with Gasteiger partial charge in [-0.3, -0.25) is 4.79 Å². The van der Waals surface area contributed by atoms with Gasteiger partial charge in [-0.1, -0.05) is 0 Å². The van der Waals surface area contributed by atoms with Crippen molar-refractivity contribution in [2.45, 2.75) is 17.9 Å². The van der Waals surface area contributed by atoms with Crippen LogP contribution in [0, 0.1) is 0 Å². The number of likely N-dealkylation sites (N-methyl/N-ethyl adjacent to an activating group) is 1. The van der Waals surface area contributed by atoms with Gasteiger partial charge in [-0.25, -0.2) is 8.42 Å². The van der Waals surface area contributed by atoms with Crippen molar-refractivity contribution in [1.82, 2.24) is 9.62 Å². The highest BCUT2D eigenvalue weighted by Crippen LogP contribution is 2.18. The lowest BCUT2D eigenvalue weighted by atomic mass is 10.3. The number of nitrogens with zero attached hydrogens (tertiary/aromatic N) is 1. The number of ether oxygens (including phenoxy) is 2. The van der Waals surface area contributed by atoms with E-state index in [9.17, 15) is 13.2 Å². The fourth-order valence-electron chi connectivity index (χ4n) is 1.83. The molecule has 0 heterocycles. The number of carbonyl (C=O) groups excluding carboxylic acids is 1. The van der Waals surface area contributed by atoms with Crippen molar-refractivity contribution in [2.24, 2.45) is 0 Å². The summed E-state index contributed by atoms with van der Waals surface area (Å²) in [6.07, 6.45) is 0. The monoisotopic (exact) mass is 330 g/mol. The molecule has 1 aromatic carbocycles. The highest BCUT2D eigenvalue weighted by atomic mass is 32.2. The molecular formula is C14H22N2O5S. The van der Waals surface area contributed by atoms with Crippen molar-refractivity contribution in [3.63, 3.8) is 0 Å². The minimum absolute atomic E-state index is 0.105. The van der Waals surface area contributed by atoms with Gasteiger partial charge in [0.15, 0.2) is 0 Å². The van der Waals surface area contributed by atoms with Gasteiger partial charge < -0.3 is 14.8 Å². The van der Waals surface area contributed by atoms with Crippen LogP contribution in [0.3, 0.4) is 0 Å². The van der Waals surface area contributed by atoms with Crippen LogP contribution in [0.5, 0.6) is 5.75 Å². The molecule has 22 heavy (non-hydrogen) atoms. The molecule has 0 fully saturated rings. The summed E-state index contributed by atoms with van der Waals surface area (Å²) in [7, 11) is 0.672. The van der Waals surface area contributed by atoms with Gasteiger partial charge in [0.05, 0.1) is 25.2 Å². The molecule has 7 nitrogen and oxygen atoms in total. The van der Waals surface area contributed by atoms with Crippen LogP contribution in [0.4, 0.5) is 0 Å². The van der Waals surface area contributed by atoms with E-state index >= 15 is 0 Å². The molecule has 0 aliphatic heterocycles. The van der Waals surface area contributed by atoms with Gasteiger partial charge >= 0.3 is 0 Å². The van der Waals surface area contributed by atoms with E-state index in [-0.39, 0.29) is 23.4 Å². The predicted octanol–water partition coefficient (Wildman–Crippen LogP) is 0.467. The average molecular weight is 330 g/mol. The first kappa shape index (κ1) is 18.4. The lowest BCUT2D eigenvalue weighted by molar-refractivity contribution is -0.122. The molecule has 0 saturated heterocycles. The predicted molar refractivity (Wildman–Crippen MR) is 82.3 cm³/mol. The van der Waals surface area contributed by atoms with Crippen molar-refractivity contribution in [3.05, 3.63) is 24.3 Å². The molecule has 1 amide bonds. The molecule has 1 rings (SSSR count). The Morgan fingerprint density at radius 3 is 2.36 bits per heavy atom. The van der Waals surface area contributed by atoms with Gasteiger partial charge in [0, 0.05) is 20.2 Å². The maximum Gasteiger partial charge on any atom is 0.243 e. The standard InChI is InChI=1S/C14H22N2O5S/c1-11(10-20-3)15-14(17)9-16(2)22(18,19)13-7-5-12(21-4)6-8-13/h5-8,11H,9-10H2,1-4H3,(H,15,17)/t11-/m0/s1. The first-order valence-electron chi connectivity index (χ1n) is 6.70. The van der Waals surface area contributed by atoms with Gasteiger partial charge in [-0.05, 0) is 31.2 Å². The molecule has 0 aliphatic carbocycles. The summed E-state index contributed by atoms with van der Waals surface area (Å²) in [6.45, 7) is 1.88. The molecule has 0 aliphatic rings. The van der Waals surface area contributed by atoms with Gasteiger partial charge in [-0.2, -0.15) is 4.31 Å². The smallest absolute Gasteiger partial charge is 0.243 e. The van der Waals surface area contributed by atoms with E-state index in [1.54, 1.807) is 19.1 Å². The van der Waals surface area contributed by atoms with Crippen LogP contribution < -0.4 is 10.1 Å². The number of sulfonamides is 1. The van der Waals surface area contributed by atoms with E-state index in [1.165, 1.54) is 33.4 Å². The molecule has 0 saturated carbocycles. The number of rotatable bonds is 8. The second-order valence-electron chi connectivity index (χ2n) is 4.86. The molecule has 8 heteroatoms. The molecule has 0 radical (unpaired) electrons. The van der Waals surface area contributed by atoms with E-state index in [1.807, 2.05) is 0 Å². The Morgan fingerprint density at radius 1 is 1.27 bits per heavy atom.